The fourth-order valence-corrected chi connectivity index (χ4v) is 4.13. The highest BCUT2D eigenvalue weighted by atomic mass is 32.1. The van der Waals surface area contributed by atoms with Gasteiger partial charge in [0, 0.05) is 37.0 Å². The first-order valence-electron chi connectivity index (χ1n) is 10.4. The number of rotatable bonds is 7. The molecule has 0 saturated carbocycles. The highest BCUT2D eigenvalue weighted by Gasteiger charge is 2.24. The lowest BCUT2D eigenvalue weighted by atomic mass is 9.99. The Balaban J connectivity index is 1.56. The van der Waals surface area contributed by atoms with E-state index in [1.807, 2.05) is 42.3 Å². The summed E-state index contributed by atoms with van der Waals surface area (Å²) in [6.45, 7) is 7.91. The summed E-state index contributed by atoms with van der Waals surface area (Å²) in [7, 11) is 1.96. The van der Waals surface area contributed by atoms with Crippen molar-refractivity contribution in [2.75, 3.05) is 19.8 Å². The lowest BCUT2D eigenvalue weighted by molar-refractivity contribution is -0.939. The van der Waals surface area contributed by atoms with Gasteiger partial charge in [0.15, 0.2) is 24.0 Å². The smallest absolute Gasteiger partial charge is 0.202 e. The summed E-state index contributed by atoms with van der Waals surface area (Å²) in [6.07, 6.45) is 4.54. The molecule has 158 valence electrons. The topological polar surface area (TPSA) is 58.5 Å². The van der Waals surface area contributed by atoms with Crippen LogP contribution >= 0.6 is 12.2 Å². The largest absolute Gasteiger partial charge is 0.490 e. The molecule has 30 heavy (non-hydrogen) atoms. The summed E-state index contributed by atoms with van der Waals surface area (Å²) < 4.78 is 16.2. The van der Waals surface area contributed by atoms with Crippen LogP contribution < -0.4 is 14.4 Å². The van der Waals surface area contributed by atoms with Crippen LogP contribution in [-0.4, -0.2) is 39.1 Å². The summed E-state index contributed by atoms with van der Waals surface area (Å²) >= 11 is 5.66. The summed E-state index contributed by atoms with van der Waals surface area (Å²) in [5.41, 5.74) is 3.66. The van der Waals surface area contributed by atoms with E-state index in [-0.39, 0.29) is 0 Å². The van der Waals surface area contributed by atoms with E-state index >= 15 is 0 Å². The van der Waals surface area contributed by atoms with Gasteiger partial charge in [-0.3, -0.25) is 4.98 Å². The molecule has 3 aromatic rings. The third kappa shape index (κ3) is 4.11. The van der Waals surface area contributed by atoms with Crippen LogP contribution in [0.4, 0.5) is 0 Å². The SMILES string of the molecule is CCOc1cc2c(cc1OCC)C[NH+](Cn1nc(-c3ccncc3)n(C)c1=S)CC2. The molecule has 1 aliphatic heterocycles. The van der Waals surface area contributed by atoms with E-state index in [4.69, 9.17) is 26.8 Å². The second kappa shape index (κ2) is 8.97. The minimum atomic E-state index is 0.621. The molecule has 0 spiro atoms. The highest BCUT2D eigenvalue weighted by molar-refractivity contribution is 7.71. The molecule has 3 heterocycles. The first-order valence-corrected chi connectivity index (χ1v) is 10.8. The number of nitrogens with one attached hydrogen (secondary N) is 1. The number of nitrogens with zero attached hydrogens (tertiary/aromatic N) is 4. The average molecular weight is 427 g/mol. The molecule has 1 aromatic carbocycles. The van der Waals surface area contributed by atoms with Crippen LogP contribution in [0.2, 0.25) is 0 Å². The van der Waals surface area contributed by atoms with Crippen molar-refractivity contribution >= 4 is 12.2 Å². The van der Waals surface area contributed by atoms with Gasteiger partial charge in [0.2, 0.25) is 4.77 Å². The molecule has 1 atom stereocenters. The van der Waals surface area contributed by atoms with Crippen LogP contribution in [0.15, 0.2) is 36.7 Å². The van der Waals surface area contributed by atoms with Gasteiger partial charge in [0.05, 0.1) is 19.8 Å². The normalized spacial score (nSPS) is 15.6. The average Bonchev–Trinajstić information content (AvgIpc) is 3.04. The van der Waals surface area contributed by atoms with Crippen LogP contribution in [0.1, 0.15) is 25.0 Å². The van der Waals surface area contributed by atoms with Crippen LogP contribution in [0.3, 0.4) is 0 Å². The van der Waals surface area contributed by atoms with Crippen molar-refractivity contribution in [3.8, 4) is 22.9 Å². The summed E-state index contributed by atoms with van der Waals surface area (Å²) in [5, 5.41) is 4.80. The van der Waals surface area contributed by atoms with Crippen molar-refractivity contribution in [3.63, 3.8) is 0 Å². The van der Waals surface area contributed by atoms with Gasteiger partial charge in [-0.25, -0.2) is 0 Å². The Morgan fingerprint density at radius 1 is 1.07 bits per heavy atom. The Bertz CT molecular complexity index is 1080. The van der Waals surface area contributed by atoms with E-state index in [9.17, 15) is 0 Å². The number of hydrogen-bond donors (Lipinski definition) is 1. The third-order valence-electron chi connectivity index (χ3n) is 5.41. The maximum atomic E-state index is 5.82. The second-order valence-electron chi connectivity index (χ2n) is 7.42. The predicted molar refractivity (Wildman–Crippen MR) is 117 cm³/mol. The molecule has 1 aliphatic rings. The molecule has 8 heteroatoms. The molecular formula is C22H28N5O2S+. The maximum absolute atomic E-state index is 5.82. The van der Waals surface area contributed by atoms with E-state index in [2.05, 4.69) is 17.1 Å². The van der Waals surface area contributed by atoms with Gasteiger partial charge in [-0.05, 0) is 55.9 Å². The molecular weight excluding hydrogens is 398 g/mol. The number of fused-ring (bicyclic) bond motifs is 1. The van der Waals surface area contributed by atoms with Crippen molar-refractivity contribution in [1.29, 1.82) is 0 Å². The lowest BCUT2D eigenvalue weighted by Gasteiger charge is -2.26. The van der Waals surface area contributed by atoms with Crippen molar-refractivity contribution in [2.45, 2.75) is 33.5 Å². The molecule has 0 saturated heterocycles. The van der Waals surface area contributed by atoms with Crippen LogP contribution in [0.25, 0.3) is 11.4 Å². The molecule has 0 fully saturated rings. The summed E-state index contributed by atoms with van der Waals surface area (Å²) in [4.78, 5) is 5.51. The number of pyridine rings is 1. The molecule has 0 radical (unpaired) electrons. The number of hydrogen-bond acceptors (Lipinski definition) is 5. The molecule has 0 amide bonds. The number of aromatic nitrogens is 4. The third-order valence-corrected chi connectivity index (χ3v) is 5.89. The number of quaternary nitrogens is 1. The van der Waals surface area contributed by atoms with Crippen molar-refractivity contribution in [2.24, 2.45) is 7.05 Å². The minimum Gasteiger partial charge on any atom is -0.490 e. The van der Waals surface area contributed by atoms with Gasteiger partial charge in [-0.1, -0.05) is 0 Å². The summed E-state index contributed by atoms with van der Waals surface area (Å²) in [5.74, 6) is 2.53. The van der Waals surface area contributed by atoms with E-state index in [1.165, 1.54) is 16.0 Å². The molecule has 0 aliphatic carbocycles. The molecule has 7 nitrogen and oxygen atoms in total. The van der Waals surface area contributed by atoms with Crippen LogP contribution in [0, 0.1) is 4.77 Å². The van der Waals surface area contributed by atoms with Gasteiger partial charge in [-0.15, -0.1) is 5.10 Å². The van der Waals surface area contributed by atoms with Crippen LogP contribution in [-0.2, 0) is 26.7 Å². The first-order chi connectivity index (χ1) is 14.6. The quantitative estimate of drug-likeness (QED) is 0.588. The molecule has 0 bridgehead atoms. The van der Waals surface area contributed by atoms with Gasteiger partial charge in [-0.2, -0.15) is 4.68 Å². The van der Waals surface area contributed by atoms with Gasteiger partial charge in [0.25, 0.3) is 0 Å². The molecule has 2 aromatic heterocycles. The predicted octanol–water partition coefficient (Wildman–Crippen LogP) is 2.41. The van der Waals surface area contributed by atoms with E-state index in [1.54, 1.807) is 12.4 Å². The molecule has 1 N–H and O–H groups in total. The van der Waals surface area contributed by atoms with E-state index < -0.39 is 0 Å². The zero-order chi connectivity index (χ0) is 21.1. The maximum Gasteiger partial charge on any atom is 0.202 e. The van der Waals surface area contributed by atoms with E-state index in [0.717, 1.165) is 53.8 Å². The Kier molecular flexibility index (Phi) is 6.15. The summed E-state index contributed by atoms with van der Waals surface area (Å²) in [6, 6.07) is 8.20. The van der Waals surface area contributed by atoms with Gasteiger partial charge >= 0.3 is 0 Å². The lowest BCUT2D eigenvalue weighted by Crippen LogP contribution is -3.11. The number of ether oxygens (including phenoxy) is 2. The van der Waals surface area contributed by atoms with Crippen molar-refractivity contribution in [3.05, 3.63) is 52.6 Å². The number of benzene rings is 1. The Morgan fingerprint density at radius 2 is 1.73 bits per heavy atom. The Hall–Kier alpha value is -2.71. The monoisotopic (exact) mass is 426 g/mol. The minimum absolute atomic E-state index is 0.621. The van der Waals surface area contributed by atoms with Crippen LogP contribution in [0.5, 0.6) is 11.5 Å². The van der Waals surface area contributed by atoms with Crippen molar-refractivity contribution in [1.82, 2.24) is 19.3 Å². The van der Waals surface area contributed by atoms with Gasteiger partial charge < -0.3 is 18.9 Å². The molecule has 1 unspecified atom stereocenters. The highest BCUT2D eigenvalue weighted by Crippen LogP contribution is 2.32. The zero-order valence-electron chi connectivity index (χ0n) is 17.7. The zero-order valence-corrected chi connectivity index (χ0v) is 18.5. The standard InChI is InChI=1S/C22H27N5O2S/c1-4-28-19-12-17-8-11-26(14-18(17)13-20(19)29-5-2)15-27-22(30)25(3)21(24-27)16-6-9-23-10-7-16/h6-7,9-10,12-13H,4-5,8,11,14-15H2,1-3H3/p+1. The van der Waals surface area contributed by atoms with Crippen molar-refractivity contribution < 1.29 is 14.4 Å². The Morgan fingerprint density at radius 3 is 2.40 bits per heavy atom. The fraction of sp³-hybridized carbons (Fsp3) is 0.409. The fourth-order valence-electron chi connectivity index (χ4n) is 3.94. The van der Waals surface area contributed by atoms with E-state index in [0.29, 0.717) is 13.2 Å². The first kappa shape index (κ1) is 20.6. The molecule has 4 rings (SSSR count). The Labute approximate surface area is 181 Å². The van der Waals surface area contributed by atoms with Gasteiger partial charge in [0.1, 0.15) is 6.54 Å². The second-order valence-corrected chi connectivity index (χ2v) is 7.78.